The Hall–Kier alpha value is -2.24. The average molecular weight is 406 g/mol. The van der Waals surface area contributed by atoms with E-state index in [0.717, 1.165) is 18.4 Å². The molecule has 9 heteroatoms. The number of rotatable bonds is 8. The summed E-state index contributed by atoms with van der Waals surface area (Å²) in [5, 5.41) is 20.1. The highest BCUT2D eigenvalue weighted by Crippen LogP contribution is 2.39. The summed E-state index contributed by atoms with van der Waals surface area (Å²) >= 11 is 7.20. The van der Waals surface area contributed by atoms with Crippen LogP contribution < -0.4 is 10.1 Å². The van der Waals surface area contributed by atoms with Gasteiger partial charge in [-0.1, -0.05) is 23.4 Å². The highest BCUT2D eigenvalue weighted by atomic mass is 35.5. The molecule has 0 bridgehead atoms. The summed E-state index contributed by atoms with van der Waals surface area (Å²) in [6.07, 6.45) is 1.96. The van der Waals surface area contributed by atoms with Crippen LogP contribution in [0.2, 0.25) is 5.02 Å². The van der Waals surface area contributed by atoms with Gasteiger partial charge < -0.3 is 10.1 Å². The lowest BCUT2D eigenvalue weighted by Crippen LogP contribution is -2.47. The zero-order chi connectivity index (χ0) is 19.4. The number of benzene rings is 1. The van der Waals surface area contributed by atoms with E-state index in [1.54, 1.807) is 19.1 Å². The Bertz CT molecular complexity index is 877. The van der Waals surface area contributed by atoms with Gasteiger partial charge in [0, 0.05) is 5.02 Å². The number of aryl methyl sites for hydroxylation is 1. The number of aromatic amines is 1. The van der Waals surface area contributed by atoms with Gasteiger partial charge in [-0.3, -0.25) is 9.89 Å². The molecular formula is C18H20ClN5O2S. The Morgan fingerprint density at radius 3 is 3.00 bits per heavy atom. The molecule has 0 unspecified atom stereocenters. The van der Waals surface area contributed by atoms with Crippen molar-refractivity contribution in [1.29, 1.82) is 5.26 Å². The number of halogens is 1. The smallest absolute Gasteiger partial charge is 0.231 e. The maximum atomic E-state index is 12.1. The zero-order valence-electron chi connectivity index (χ0n) is 15.1. The molecule has 3 rings (SSSR count). The third-order valence-corrected chi connectivity index (χ3v) is 5.65. The van der Waals surface area contributed by atoms with Gasteiger partial charge in [0.15, 0.2) is 5.82 Å². The van der Waals surface area contributed by atoms with Gasteiger partial charge >= 0.3 is 0 Å². The maximum Gasteiger partial charge on any atom is 0.231 e. The van der Waals surface area contributed by atoms with Gasteiger partial charge in [0.1, 0.15) is 17.9 Å². The first kappa shape index (κ1) is 19.5. The zero-order valence-corrected chi connectivity index (χ0v) is 16.7. The molecule has 1 aliphatic rings. The molecule has 1 fully saturated rings. The standard InChI is InChI=1S/C18H20ClN5O2S/c1-11-7-13(5-6-14(11)19)26-8-15-21-17(24-23-15)27-9-16(25)22-18(2,10-20)12-3-4-12/h5-7,12H,3-4,8-9H2,1-2H3,(H,22,25)(H,21,23,24)/t18-/m1/s1. The number of H-pyrrole nitrogens is 1. The van der Waals surface area contributed by atoms with E-state index < -0.39 is 5.54 Å². The van der Waals surface area contributed by atoms with E-state index in [2.05, 4.69) is 26.6 Å². The fourth-order valence-corrected chi connectivity index (χ4v) is 3.34. The van der Waals surface area contributed by atoms with Gasteiger partial charge in [-0.05, 0) is 56.4 Å². The Kier molecular flexibility index (Phi) is 5.92. The Morgan fingerprint density at radius 2 is 2.33 bits per heavy atom. The lowest BCUT2D eigenvalue weighted by atomic mass is 9.98. The molecule has 1 aromatic heterocycles. The van der Waals surface area contributed by atoms with Gasteiger partial charge in [-0.2, -0.15) is 5.26 Å². The number of hydrogen-bond acceptors (Lipinski definition) is 6. The molecule has 1 heterocycles. The van der Waals surface area contributed by atoms with Crippen molar-refractivity contribution in [2.24, 2.45) is 5.92 Å². The van der Waals surface area contributed by atoms with E-state index in [1.807, 2.05) is 13.0 Å². The first-order valence-electron chi connectivity index (χ1n) is 8.55. The molecule has 2 aromatic rings. The summed E-state index contributed by atoms with van der Waals surface area (Å²) in [7, 11) is 0. The molecule has 27 heavy (non-hydrogen) atoms. The molecule has 1 aromatic carbocycles. The summed E-state index contributed by atoms with van der Waals surface area (Å²) in [4.78, 5) is 16.4. The van der Waals surface area contributed by atoms with Crippen LogP contribution in [-0.4, -0.2) is 32.4 Å². The lowest BCUT2D eigenvalue weighted by Gasteiger charge is -2.22. The number of carbonyl (C=O) groups is 1. The number of nitriles is 1. The summed E-state index contributed by atoms with van der Waals surface area (Å²) in [6, 6.07) is 7.63. The Balaban J connectivity index is 1.47. The molecule has 0 aliphatic heterocycles. The van der Waals surface area contributed by atoms with E-state index >= 15 is 0 Å². The van der Waals surface area contributed by atoms with Gasteiger partial charge in [0.05, 0.1) is 11.8 Å². The first-order chi connectivity index (χ1) is 12.9. The van der Waals surface area contributed by atoms with Crippen LogP contribution in [0.3, 0.4) is 0 Å². The molecule has 1 saturated carbocycles. The van der Waals surface area contributed by atoms with Crippen molar-refractivity contribution < 1.29 is 9.53 Å². The summed E-state index contributed by atoms with van der Waals surface area (Å²) < 4.78 is 5.66. The van der Waals surface area contributed by atoms with E-state index in [9.17, 15) is 10.1 Å². The quantitative estimate of drug-likeness (QED) is 0.653. The first-order valence-corrected chi connectivity index (χ1v) is 9.91. The number of aromatic nitrogens is 3. The van der Waals surface area contributed by atoms with Crippen molar-refractivity contribution in [3.8, 4) is 11.8 Å². The van der Waals surface area contributed by atoms with Crippen molar-refractivity contribution in [3.05, 3.63) is 34.6 Å². The van der Waals surface area contributed by atoms with Crippen LogP contribution in [0.4, 0.5) is 0 Å². The monoisotopic (exact) mass is 405 g/mol. The lowest BCUT2D eigenvalue weighted by molar-refractivity contribution is -0.119. The summed E-state index contributed by atoms with van der Waals surface area (Å²) in [6.45, 7) is 3.91. The third kappa shape index (κ3) is 5.15. The largest absolute Gasteiger partial charge is 0.486 e. The molecule has 0 spiro atoms. The fraction of sp³-hybridized carbons (Fsp3) is 0.444. The SMILES string of the molecule is Cc1cc(OCc2nc(SCC(=O)N[C@](C)(C#N)C3CC3)n[nH]2)ccc1Cl. The fourth-order valence-electron chi connectivity index (χ4n) is 2.60. The minimum absolute atomic E-state index is 0.151. The van der Waals surface area contributed by atoms with Crippen molar-refractivity contribution >= 4 is 29.3 Å². The summed E-state index contributed by atoms with van der Waals surface area (Å²) in [5.74, 6) is 1.46. The van der Waals surface area contributed by atoms with Crippen molar-refractivity contribution in [1.82, 2.24) is 20.5 Å². The molecule has 0 saturated heterocycles. The van der Waals surface area contributed by atoms with Crippen LogP contribution in [0.25, 0.3) is 0 Å². The number of nitrogens with zero attached hydrogens (tertiary/aromatic N) is 3. The maximum absolute atomic E-state index is 12.1. The van der Waals surface area contributed by atoms with Crippen LogP contribution in [0.1, 0.15) is 31.2 Å². The van der Waals surface area contributed by atoms with Crippen molar-refractivity contribution in [3.63, 3.8) is 0 Å². The molecule has 1 atom stereocenters. The normalized spacial score (nSPS) is 15.6. The van der Waals surface area contributed by atoms with Crippen LogP contribution in [-0.2, 0) is 11.4 Å². The van der Waals surface area contributed by atoms with Crippen LogP contribution >= 0.6 is 23.4 Å². The van der Waals surface area contributed by atoms with Gasteiger partial charge in [0.2, 0.25) is 11.1 Å². The molecule has 142 valence electrons. The van der Waals surface area contributed by atoms with E-state index in [-0.39, 0.29) is 24.2 Å². The third-order valence-electron chi connectivity index (χ3n) is 4.37. The second kappa shape index (κ2) is 8.19. The van der Waals surface area contributed by atoms with Gasteiger partial charge in [-0.15, -0.1) is 5.10 Å². The number of nitrogens with one attached hydrogen (secondary N) is 2. The van der Waals surface area contributed by atoms with E-state index in [1.165, 1.54) is 11.8 Å². The second-order valence-corrected chi connectivity index (χ2v) is 8.04. The topological polar surface area (TPSA) is 104 Å². The van der Waals surface area contributed by atoms with Crippen molar-refractivity contribution in [2.75, 3.05) is 5.75 Å². The number of thioether (sulfide) groups is 1. The number of amides is 1. The van der Waals surface area contributed by atoms with E-state index in [4.69, 9.17) is 16.3 Å². The number of ether oxygens (including phenoxy) is 1. The van der Waals surface area contributed by atoms with Crippen LogP contribution in [0, 0.1) is 24.2 Å². The number of carbonyl (C=O) groups excluding carboxylic acids is 1. The van der Waals surface area contributed by atoms with Crippen molar-refractivity contribution in [2.45, 2.75) is 44.0 Å². The minimum atomic E-state index is -0.785. The molecule has 0 radical (unpaired) electrons. The molecule has 2 N–H and O–H groups in total. The highest BCUT2D eigenvalue weighted by molar-refractivity contribution is 7.99. The van der Waals surface area contributed by atoms with E-state index in [0.29, 0.717) is 21.8 Å². The highest BCUT2D eigenvalue weighted by Gasteiger charge is 2.42. The van der Waals surface area contributed by atoms with Gasteiger partial charge in [-0.25, -0.2) is 4.98 Å². The Labute approximate surface area is 166 Å². The summed E-state index contributed by atoms with van der Waals surface area (Å²) in [5.41, 5.74) is 0.149. The number of hydrogen-bond donors (Lipinski definition) is 2. The molecule has 7 nitrogen and oxygen atoms in total. The molecular weight excluding hydrogens is 386 g/mol. The second-order valence-electron chi connectivity index (χ2n) is 6.69. The minimum Gasteiger partial charge on any atom is -0.486 e. The molecule has 1 amide bonds. The average Bonchev–Trinajstić information content (AvgIpc) is 3.41. The molecule has 1 aliphatic carbocycles. The Morgan fingerprint density at radius 1 is 1.56 bits per heavy atom. The van der Waals surface area contributed by atoms with Gasteiger partial charge in [0.25, 0.3) is 0 Å². The predicted molar refractivity (Wildman–Crippen MR) is 103 cm³/mol. The van der Waals surface area contributed by atoms with Crippen LogP contribution in [0.5, 0.6) is 5.75 Å². The van der Waals surface area contributed by atoms with Crippen LogP contribution in [0.15, 0.2) is 23.4 Å². The predicted octanol–water partition coefficient (Wildman–Crippen LogP) is 3.25.